The van der Waals surface area contributed by atoms with Gasteiger partial charge in [0.05, 0.1) is 20.8 Å². The predicted molar refractivity (Wildman–Crippen MR) is 65.0 cm³/mol. The molecule has 1 aromatic rings. The highest BCUT2D eigenvalue weighted by Gasteiger charge is 2.14. The van der Waals surface area contributed by atoms with Gasteiger partial charge >= 0.3 is 0 Å². The normalized spacial score (nSPS) is 9.94. The van der Waals surface area contributed by atoms with Crippen molar-refractivity contribution in [3.05, 3.63) is 23.8 Å². The van der Waals surface area contributed by atoms with Crippen molar-refractivity contribution in [2.24, 2.45) is 0 Å². The van der Waals surface area contributed by atoms with Crippen LogP contribution >= 0.6 is 0 Å². The Kier molecular flexibility index (Phi) is 5.32. The van der Waals surface area contributed by atoms with Crippen LogP contribution in [0.1, 0.15) is 12.0 Å². The maximum absolute atomic E-state index is 11.5. The molecule has 0 radical (unpaired) electrons. The zero-order valence-electron chi connectivity index (χ0n) is 10.4. The maximum Gasteiger partial charge on any atom is 0.202 e. The van der Waals surface area contributed by atoms with E-state index in [4.69, 9.17) is 14.6 Å². The lowest BCUT2D eigenvalue weighted by Crippen LogP contribution is -2.17. The molecule has 0 aliphatic heterocycles. The molecular formula is C13H16O5. The molecule has 0 bridgehead atoms. The van der Waals surface area contributed by atoms with Crippen molar-refractivity contribution in [3.63, 3.8) is 0 Å². The van der Waals surface area contributed by atoms with Gasteiger partial charge in [-0.25, -0.2) is 0 Å². The molecule has 0 saturated carbocycles. The summed E-state index contributed by atoms with van der Waals surface area (Å²) >= 11 is 0. The fourth-order valence-corrected chi connectivity index (χ4v) is 1.52. The molecule has 0 aliphatic rings. The van der Waals surface area contributed by atoms with Crippen molar-refractivity contribution in [2.75, 3.05) is 20.8 Å². The van der Waals surface area contributed by atoms with E-state index in [1.54, 1.807) is 18.2 Å². The third-order valence-corrected chi connectivity index (χ3v) is 2.46. The van der Waals surface area contributed by atoms with Gasteiger partial charge in [0.2, 0.25) is 11.6 Å². The molecule has 98 valence electrons. The SMILES string of the molecule is COc1ccc(CC(=O)C(=O)CCO)cc1OC. The summed E-state index contributed by atoms with van der Waals surface area (Å²) in [7, 11) is 3.02. The van der Waals surface area contributed by atoms with Crippen LogP contribution in [0, 0.1) is 0 Å². The topological polar surface area (TPSA) is 72.8 Å². The molecule has 0 unspecified atom stereocenters. The van der Waals surface area contributed by atoms with Gasteiger partial charge < -0.3 is 14.6 Å². The van der Waals surface area contributed by atoms with E-state index >= 15 is 0 Å². The summed E-state index contributed by atoms with van der Waals surface area (Å²) < 4.78 is 10.2. The average Bonchev–Trinajstić information content (AvgIpc) is 2.38. The number of benzene rings is 1. The Bertz CT molecular complexity index is 439. The summed E-state index contributed by atoms with van der Waals surface area (Å²) in [5.74, 6) is -0.00338. The summed E-state index contributed by atoms with van der Waals surface area (Å²) in [6.07, 6.45) is -0.134. The summed E-state index contributed by atoms with van der Waals surface area (Å²) in [6, 6.07) is 5.03. The molecule has 0 heterocycles. The highest BCUT2D eigenvalue weighted by Crippen LogP contribution is 2.27. The Morgan fingerprint density at radius 1 is 1.11 bits per heavy atom. The van der Waals surface area contributed by atoms with Crippen LogP contribution in [-0.4, -0.2) is 37.5 Å². The molecule has 1 rings (SSSR count). The molecule has 0 amide bonds. The second-order valence-electron chi connectivity index (χ2n) is 3.69. The van der Waals surface area contributed by atoms with Crippen LogP contribution in [0.4, 0.5) is 0 Å². The quantitative estimate of drug-likeness (QED) is 0.725. The van der Waals surface area contributed by atoms with E-state index in [9.17, 15) is 9.59 Å². The van der Waals surface area contributed by atoms with Crippen molar-refractivity contribution in [1.29, 1.82) is 0 Å². The lowest BCUT2D eigenvalue weighted by molar-refractivity contribution is -0.136. The van der Waals surface area contributed by atoms with Gasteiger partial charge in [0, 0.05) is 12.8 Å². The summed E-state index contributed by atoms with van der Waals surface area (Å²) in [6.45, 7) is -0.309. The van der Waals surface area contributed by atoms with Gasteiger partial charge in [-0.2, -0.15) is 0 Å². The van der Waals surface area contributed by atoms with Crippen LogP contribution in [0.5, 0.6) is 11.5 Å². The van der Waals surface area contributed by atoms with Crippen LogP contribution in [0.15, 0.2) is 18.2 Å². The van der Waals surface area contributed by atoms with Crippen LogP contribution in [0.3, 0.4) is 0 Å². The monoisotopic (exact) mass is 252 g/mol. The Balaban J connectivity index is 2.79. The first-order chi connectivity index (χ1) is 8.62. The largest absolute Gasteiger partial charge is 0.493 e. The lowest BCUT2D eigenvalue weighted by Gasteiger charge is -2.08. The molecule has 1 N–H and O–H groups in total. The minimum Gasteiger partial charge on any atom is -0.493 e. The lowest BCUT2D eigenvalue weighted by atomic mass is 10.0. The average molecular weight is 252 g/mol. The number of aliphatic hydroxyl groups excluding tert-OH is 1. The van der Waals surface area contributed by atoms with E-state index in [1.165, 1.54) is 14.2 Å². The third-order valence-electron chi connectivity index (χ3n) is 2.46. The Morgan fingerprint density at radius 2 is 1.78 bits per heavy atom. The number of carbonyl (C=O) groups excluding carboxylic acids is 2. The Labute approximate surface area is 105 Å². The number of Topliss-reactive ketones (excluding diaryl/α,β-unsaturated/α-hetero) is 2. The predicted octanol–water partition coefficient (Wildman–Crippen LogP) is 0.767. The number of methoxy groups -OCH3 is 2. The molecule has 1 aromatic carbocycles. The second-order valence-corrected chi connectivity index (χ2v) is 3.69. The minimum absolute atomic E-state index is 0.000806. The number of carbonyl (C=O) groups is 2. The molecule has 0 aromatic heterocycles. The molecule has 5 heteroatoms. The van der Waals surface area contributed by atoms with E-state index in [0.29, 0.717) is 17.1 Å². The standard InChI is InChI=1S/C13H16O5/c1-17-12-4-3-9(8-13(12)18-2)7-11(16)10(15)5-6-14/h3-4,8,14H,5-7H2,1-2H3. The first-order valence-electron chi connectivity index (χ1n) is 5.50. The molecular weight excluding hydrogens is 236 g/mol. The van der Waals surface area contributed by atoms with Gasteiger partial charge in [-0.05, 0) is 17.7 Å². The van der Waals surface area contributed by atoms with Gasteiger partial charge in [0.15, 0.2) is 11.5 Å². The summed E-state index contributed by atoms with van der Waals surface area (Å²) in [5, 5.41) is 8.59. The highest BCUT2D eigenvalue weighted by atomic mass is 16.5. The zero-order chi connectivity index (χ0) is 13.5. The van der Waals surface area contributed by atoms with Crippen molar-refractivity contribution < 1.29 is 24.2 Å². The number of aliphatic hydroxyl groups is 1. The van der Waals surface area contributed by atoms with Gasteiger partial charge in [0.25, 0.3) is 0 Å². The first-order valence-corrected chi connectivity index (χ1v) is 5.50. The molecule has 0 atom stereocenters. The van der Waals surface area contributed by atoms with Crippen LogP contribution in [-0.2, 0) is 16.0 Å². The first kappa shape index (κ1) is 14.2. The van der Waals surface area contributed by atoms with Crippen molar-refractivity contribution in [2.45, 2.75) is 12.8 Å². The Hall–Kier alpha value is -1.88. The number of rotatable bonds is 7. The number of hydrogen-bond acceptors (Lipinski definition) is 5. The minimum atomic E-state index is -0.563. The molecule has 0 aliphatic carbocycles. The van der Waals surface area contributed by atoms with Gasteiger partial charge in [-0.1, -0.05) is 6.07 Å². The van der Waals surface area contributed by atoms with Gasteiger partial charge in [0.1, 0.15) is 0 Å². The molecule has 0 spiro atoms. The van der Waals surface area contributed by atoms with Gasteiger partial charge in [-0.3, -0.25) is 9.59 Å². The number of ether oxygens (including phenoxy) is 2. The summed E-state index contributed by atoms with van der Waals surface area (Å²) in [4.78, 5) is 22.8. The van der Waals surface area contributed by atoms with Crippen molar-refractivity contribution in [1.82, 2.24) is 0 Å². The zero-order valence-corrected chi connectivity index (χ0v) is 10.4. The van der Waals surface area contributed by atoms with E-state index in [0.717, 1.165) is 0 Å². The van der Waals surface area contributed by atoms with E-state index in [2.05, 4.69) is 0 Å². The third kappa shape index (κ3) is 3.56. The van der Waals surface area contributed by atoms with E-state index < -0.39 is 11.6 Å². The second kappa shape index (κ2) is 6.76. The molecule has 0 fully saturated rings. The molecule has 5 nitrogen and oxygen atoms in total. The summed E-state index contributed by atoms with van der Waals surface area (Å²) in [5.41, 5.74) is 0.670. The molecule has 18 heavy (non-hydrogen) atoms. The smallest absolute Gasteiger partial charge is 0.202 e. The van der Waals surface area contributed by atoms with Crippen LogP contribution < -0.4 is 9.47 Å². The Morgan fingerprint density at radius 3 is 2.33 bits per heavy atom. The van der Waals surface area contributed by atoms with E-state index in [1.807, 2.05) is 0 Å². The van der Waals surface area contributed by atoms with Gasteiger partial charge in [-0.15, -0.1) is 0 Å². The fraction of sp³-hybridized carbons (Fsp3) is 0.385. The fourth-order valence-electron chi connectivity index (χ4n) is 1.52. The van der Waals surface area contributed by atoms with Crippen molar-refractivity contribution >= 4 is 11.6 Å². The number of ketones is 2. The highest BCUT2D eigenvalue weighted by molar-refractivity contribution is 6.37. The molecule has 0 saturated heterocycles. The van der Waals surface area contributed by atoms with E-state index in [-0.39, 0.29) is 19.4 Å². The maximum atomic E-state index is 11.5. The van der Waals surface area contributed by atoms with Crippen molar-refractivity contribution in [3.8, 4) is 11.5 Å². The van der Waals surface area contributed by atoms with Crippen LogP contribution in [0.25, 0.3) is 0 Å². The van der Waals surface area contributed by atoms with Crippen LogP contribution in [0.2, 0.25) is 0 Å². The number of hydrogen-bond donors (Lipinski definition) is 1.